The molecule has 0 aliphatic heterocycles. The first-order chi connectivity index (χ1) is 9.88. The minimum atomic E-state index is -0.418. The fourth-order valence-electron chi connectivity index (χ4n) is 2.23. The summed E-state index contributed by atoms with van der Waals surface area (Å²) in [6, 6.07) is 2.20. The molecule has 0 saturated carbocycles. The van der Waals surface area contributed by atoms with Gasteiger partial charge in [-0.3, -0.25) is 13.9 Å². The Kier molecular flexibility index (Phi) is 3.84. The highest BCUT2D eigenvalue weighted by Crippen LogP contribution is 2.16. The molecule has 0 atom stereocenters. The lowest BCUT2D eigenvalue weighted by molar-refractivity contribution is 0.670. The normalized spacial score (nSPS) is 11.0. The van der Waals surface area contributed by atoms with Gasteiger partial charge in [0.15, 0.2) is 11.2 Å². The molecule has 8 heteroatoms. The van der Waals surface area contributed by atoms with Crippen LogP contribution in [-0.2, 0) is 14.1 Å². The molecule has 0 aliphatic carbocycles. The highest BCUT2D eigenvalue weighted by Gasteiger charge is 2.18. The van der Waals surface area contributed by atoms with Gasteiger partial charge in [0.05, 0.1) is 12.5 Å². The van der Waals surface area contributed by atoms with Crippen LogP contribution >= 0.6 is 0 Å². The molecule has 0 aromatic carbocycles. The highest BCUT2D eigenvalue weighted by atomic mass is 16.2. The first kappa shape index (κ1) is 14.8. The summed E-state index contributed by atoms with van der Waals surface area (Å²) in [4.78, 5) is 33.3. The molecule has 0 aliphatic rings. The Morgan fingerprint density at radius 3 is 2.57 bits per heavy atom. The molecule has 0 amide bonds. The van der Waals surface area contributed by atoms with Crippen LogP contribution in [0.15, 0.2) is 9.59 Å². The zero-order chi connectivity index (χ0) is 15.7. The van der Waals surface area contributed by atoms with E-state index in [0.717, 1.165) is 4.57 Å². The van der Waals surface area contributed by atoms with Gasteiger partial charge in [-0.15, -0.1) is 0 Å². The van der Waals surface area contributed by atoms with Crippen molar-refractivity contribution in [1.29, 1.82) is 5.26 Å². The molecule has 2 aromatic heterocycles. The quantitative estimate of drug-likeness (QED) is 0.860. The van der Waals surface area contributed by atoms with Crippen LogP contribution in [0.2, 0.25) is 0 Å². The van der Waals surface area contributed by atoms with Crippen molar-refractivity contribution in [3.63, 3.8) is 0 Å². The number of nitrogens with zero attached hydrogens (tertiary/aromatic N) is 5. The van der Waals surface area contributed by atoms with E-state index in [9.17, 15) is 9.59 Å². The lowest BCUT2D eigenvalue weighted by Crippen LogP contribution is -2.36. The molecular weight excluding hydrogens is 272 g/mol. The van der Waals surface area contributed by atoms with E-state index in [1.807, 2.05) is 18.7 Å². The number of H-pyrrole nitrogens is 1. The topological polar surface area (TPSA) is 99.7 Å². The van der Waals surface area contributed by atoms with Crippen molar-refractivity contribution in [3.8, 4) is 6.07 Å². The third-order valence-electron chi connectivity index (χ3n) is 3.44. The van der Waals surface area contributed by atoms with Gasteiger partial charge in [-0.1, -0.05) is 0 Å². The Hall–Kier alpha value is -2.56. The number of aryl methyl sites for hydroxylation is 1. The van der Waals surface area contributed by atoms with Crippen LogP contribution < -0.4 is 16.1 Å². The van der Waals surface area contributed by atoms with Gasteiger partial charge in [0.25, 0.3) is 5.56 Å². The fourth-order valence-corrected chi connectivity index (χ4v) is 2.23. The van der Waals surface area contributed by atoms with Gasteiger partial charge in [-0.25, -0.2) is 4.79 Å². The minimum absolute atomic E-state index is 0.111. The molecule has 0 saturated heterocycles. The number of hydrogen-bond donors (Lipinski definition) is 1. The number of aromatic amines is 1. The second kappa shape index (κ2) is 5.44. The Balaban J connectivity index is 2.65. The Morgan fingerprint density at radius 2 is 2.00 bits per heavy atom. The summed E-state index contributed by atoms with van der Waals surface area (Å²) in [6.07, 6.45) is 0.353. The lowest BCUT2D eigenvalue weighted by atomic mass is 10.3. The van der Waals surface area contributed by atoms with E-state index in [0.29, 0.717) is 24.6 Å². The molecule has 0 radical (unpaired) electrons. The zero-order valence-corrected chi connectivity index (χ0v) is 12.5. The van der Waals surface area contributed by atoms with Gasteiger partial charge < -0.3 is 9.88 Å². The molecule has 112 valence electrons. The summed E-state index contributed by atoms with van der Waals surface area (Å²) < 4.78 is 2.37. The Bertz CT molecular complexity index is 820. The van der Waals surface area contributed by atoms with Gasteiger partial charge in [-0.05, 0) is 13.8 Å². The van der Waals surface area contributed by atoms with E-state index in [2.05, 4.69) is 16.0 Å². The maximum Gasteiger partial charge on any atom is 0.332 e. The maximum absolute atomic E-state index is 12.1. The van der Waals surface area contributed by atoms with E-state index < -0.39 is 11.2 Å². The molecule has 21 heavy (non-hydrogen) atoms. The van der Waals surface area contributed by atoms with Gasteiger partial charge in [0, 0.05) is 26.7 Å². The number of hydrogen-bond acceptors (Lipinski definition) is 5. The van der Waals surface area contributed by atoms with E-state index in [1.54, 1.807) is 7.05 Å². The van der Waals surface area contributed by atoms with Crippen LogP contribution in [0.25, 0.3) is 11.2 Å². The van der Waals surface area contributed by atoms with Gasteiger partial charge in [0.1, 0.15) is 0 Å². The average Bonchev–Trinajstić information content (AvgIpc) is 2.88. The Morgan fingerprint density at radius 1 is 1.33 bits per heavy atom. The number of nitriles is 1. The number of imidazole rings is 1. The molecule has 2 heterocycles. The summed E-state index contributed by atoms with van der Waals surface area (Å²) in [5.74, 6) is 0.494. The third kappa shape index (κ3) is 2.42. The average molecular weight is 290 g/mol. The smallest absolute Gasteiger partial charge is 0.332 e. The first-order valence-corrected chi connectivity index (χ1v) is 6.67. The molecule has 1 N–H and O–H groups in total. The van der Waals surface area contributed by atoms with E-state index >= 15 is 0 Å². The molecular formula is C13H18N6O2. The predicted octanol–water partition coefficient (Wildman–Crippen LogP) is 0.0888. The largest absolute Gasteiger partial charge is 0.339 e. The summed E-state index contributed by atoms with van der Waals surface area (Å²) >= 11 is 0. The van der Waals surface area contributed by atoms with Crippen LogP contribution in [-0.4, -0.2) is 31.7 Å². The van der Waals surface area contributed by atoms with Crippen molar-refractivity contribution in [2.75, 3.05) is 11.4 Å². The highest BCUT2D eigenvalue weighted by molar-refractivity contribution is 5.73. The summed E-state index contributed by atoms with van der Waals surface area (Å²) in [7, 11) is 3.00. The summed E-state index contributed by atoms with van der Waals surface area (Å²) in [5.41, 5.74) is -0.215. The lowest BCUT2D eigenvalue weighted by Gasteiger charge is -2.24. The summed E-state index contributed by atoms with van der Waals surface area (Å²) in [5, 5.41) is 8.74. The third-order valence-corrected chi connectivity index (χ3v) is 3.44. The SMILES string of the molecule is CC(C)N(CCC#N)c1nc2c([nH]1)c(=O)n(C)c(=O)n2C. The standard InChI is InChI=1S/C13H18N6O2/c1-8(2)19(7-5-6-14)12-15-9-10(16-12)17(3)13(21)18(4)11(9)20/h8H,5,7H2,1-4H3,(H,15,16). The summed E-state index contributed by atoms with van der Waals surface area (Å²) in [6.45, 7) is 4.45. The van der Waals surface area contributed by atoms with Crippen molar-refractivity contribution >= 4 is 17.1 Å². The Labute approximate surface area is 121 Å². The first-order valence-electron chi connectivity index (χ1n) is 6.67. The number of fused-ring (bicyclic) bond motifs is 1. The molecule has 8 nitrogen and oxygen atoms in total. The van der Waals surface area contributed by atoms with Crippen LogP contribution in [0.3, 0.4) is 0 Å². The van der Waals surface area contributed by atoms with Crippen LogP contribution in [0, 0.1) is 11.3 Å². The van der Waals surface area contributed by atoms with Gasteiger partial charge in [-0.2, -0.15) is 10.2 Å². The molecule has 2 aromatic rings. The second-order valence-electron chi connectivity index (χ2n) is 5.16. The van der Waals surface area contributed by atoms with Crippen molar-refractivity contribution in [2.45, 2.75) is 26.3 Å². The zero-order valence-electron chi connectivity index (χ0n) is 12.5. The van der Waals surface area contributed by atoms with E-state index in [1.165, 1.54) is 11.6 Å². The second-order valence-corrected chi connectivity index (χ2v) is 5.16. The van der Waals surface area contributed by atoms with Crippen LogP contribution in [0.5, 0.6) is 0 Å². The van der Waals surface area contributed by atoms with Gasteiger partial charge >= 0.3 is 5.69 Å². The predicted molar refractivity (Wildman–Crippen MR) is 79.3 cm³/mol. The molecule has 0 bridgehead atoms. The minimum Gasteiger partial charge on any atom is -0.339 e. The number of anilines is 1. The van der Waals surface area contributed by atoms with Crippen LogP contribution in [0.1, 0.15) is 20.3 Å². The van der Waals surface area contributed by atoms with Crippen molar-refractivity contribution in [3.05, 3.63) is 20.8 Å². The van der Waals surface area contributed by atoms with E-state index in [4.69, 9.17) is 5.26 Å². The molecule has 2 rings (SSSR count). The van der Waals surface area contributed by atoms with Gasteiger partial charge in [0.2, 0.25) is 5.95 Å². The fraction of sp³-hybridized carbons (Fsp3) is 0.538. The monoisotopic (exact) mass is 290 g/mol. The molecule has 0 spiro atoms. The maximum atomic E-state index is 12.1. The van der Waals surface area contributed by atoms with E-state index in [-0.39, 0.29) is 11.6 Å². The molecule has 0 fully saturated rings. The molecule has 0 unspecified atom stereocenters. The van der Waals surface area contributed by atoms with Crippen molar-refractivity contribution in [2.24, 2.45) is 14.1 Å². The number of rotatable bonds is 4. The number of nitrogens with one attached hydrogen (secondary N) is 1. The van der Waals surface area contributed by atoms with Crippen LogP contribution in [0.4, 0.5) is 5.95 Å². The van der Waals surface area contributed by atoms with Crippen molar-refractivity contribution in [1.82, 2.24) is 19.1 Å². The number of aromatic nitrogens is 4. The van der Waals surface area contributed by atoms with Crippen molar-refractivity contribution < 1.29 is 0 Å².